The number of nitrogens with zero attached hydrogens (tertiary/aromatic N) is 1. The van der Waals surface area contributed by atoms with E-state index in [4.69, 9.17) is 4.42 Å². The Kier molecular flexibility index (Phi) is 4.71. The van der Waals surface area contributed by atoms with Crippen LogP contribution in [0.15, 0.2) is 33.9 Å². The summed E-state index contributed by atoms with van der Waals surface area (Å²) < 4.78 is 5.67. The van der Waals surface area contributed by atoms with E-state index in [0.717, 1.165) is 17.5 Å². The number of fused-ring (bicyclic) bond motifs is 1. The van der Waals surface area contributed by atoms with Gasteiger partial charge in [0.1, 0.15) is 5.52 Å². The fourth-order valence-corrected chi connectivity index (χ4v) is 3.70. The van der Waals surface area contributed by atoms with E-state index in [1.54, 1.807) is 0 Å². The summed E-state index contributed by atoms with van der Waals surface area (Å²) in [6, 6.07) is 7.97. The molecule has 0 spiro atoms. The molecule has 4 nitrogen and oxygen atoms in total. The second kappa shape index (κ2) is 6.73. The quantitative estimate of drug-likeness (QED) is 0.866. The molecule has 0 saturated heterocycles. The molecule has 1 saturated carbocycles. The van der Waals surface area contributed by atoms with Crippen molar-refractivity contribution >= 4 is 28.8 Å². The molecule has 118 valence electrons. The Morgan fingerprint density at radius 1 is 1.36 bits per heavy atom. The highest BCUT2D eigenvalue weighted by Crippen LogP contribution is 2.28. The Bertz CT molecular complexity index is 622. The lowest BCUT2D eigenvalue weighted by molar-refractivity contribution is -0.121. The number of hydrogen-bond donors (Lipinski definition) is 1. The third kappa shape index (κ3) is 3.46. The minimum Gasteiger partial charge on any atom is -0.431 e. The molecular weight excluding hydrogens is 296 g/mol. The molecule has 5 heteroatoms. The Morgan fingerprint density at radius 2 is 2.14 bits per heavy atom. The van der Waals surface area contributed by atoms with Gasteiger partial charge in [-0.05, 0) is 37.8 Å². The van der Waals surface area contributed by atoms with Crippen LogP contribution in [0, 0.1) is 5.92 Å². The summed E-state index contributed by atoms with van der Waals surface area (Å²) in [5, 5.41) is 3.54. The number of aromatic nitrogens is 1. The smallest absolute Gasteiger partial charge is 0.257 e. The van der Waals surface area contributed by atoms with Gasteiger partial charge in [0.05, 0.1) is 5.25 Å². The third-order valence-electron chi connectivity index (χ3n) is 4.36. The van der Waals surface area contributed by atoms with E-state index in [1.807, 2.05) is 31.2 Å². The zero-order valence-corrected chi connectivity index (χ0v) is 13.9. The van der Waals surface area contributed by atoms with Gasteiger partial charge in [0, 0.05) is 6.04 Å². The molecule has 1 N–H and O–H groups in total. The van der Waals surface area contributed by atoms with E-state index in [-0.39, 0.29) is 11.2 Å². The predicted molar refractivity (Wildman–Crippen MR) is 88.9 cm³/mol. The maximum atomic E-state index is 12.4. The number of thioether (sulfide) groups is 1. The average Bonchev–Trinajstić information content (AvgIpc) is 2.91. The fraction of sp³-hybridized carbons (Fsp3) is 0.529. The van der Waals surface area contributed by atoms with Crippen LogP contribution in [0.25, 0.3) is 11.1 Å². The average molecular weight is 318 g/mol. The fourth-order valence-electron chi connectivity index (χ4n) is 2.94. The van der Waals surface area contributed by atoms with Crippen molar-refractivity contribution in [3.05, 3.63) is 24.3 Å². The SMILES string of the molecule is C[C@@H](Sc1nc2ccccc2o1)C(=O)N[C@H]1CCCC[C@@H]1C. The number of amides is 1. The van der Waals surface area contributed by atoms with Gasteiger partial charge in [0.15, 0.2) is 5.58 Å². The molecule has 0 aliphatic heterocycles. The van der Waals surface area contributed by atoms with Crippen LogP contribution in [0.1, 0.15) is 39.5 Å². The number of oxazole rings is 1. The van der Waals surface area contributed by atoms with Crippen LogP contribution in [0.4, 0.5) is 0 Å². The van der Waals surface area contributed by atoms with Crippen molar-refractivity contribution < 1.29 is 9.21 Å². The third-order valence-corrected chi connectivity index (χ3v) is 5.30. The molecule has 3 atom stereocenters. The summed E-state index contributed by atoms with van der Waals surface area (Å²) in [4.78, 5) is 16.8. The maximum Gasteiger partial charge on any atom is 0.257 e. The first-order chi connectivity index (χ1) is 10.6. The Labute approximate surface area is 135 Å². The predicted octanol–water partition coefficient (Wildman–Crippen LogP) is 4.00. The number of para-hydroxylation sites is 2. The van der Waals surface area contributed by atoms with Crippen LogP contribution in [-0.4, -0.2) is 22.2 Å². The molecular formula is C17H22N2O2S. The Balaban J connectivity index is 1.60. The number of carbonyl (C=O) groups is 1. The van der Waals surface area contributed by atoms with Crippen LogP contribution in [0.2, 0.25) is 0 Å². The molecule has 2 aromatic rings. The largest absolute Gasteiger partial charge is 0.431 e. The Hall–Kier alpha value is -1.49. The summed E-state index contributed by atoms with van der Waals surface area (Å²) in [5.74, 6) is 0.644. The molecule has 22 heavy (non-hydrogen) atoms. The van der Waals surface area contributed by atoms with Gasteiger partial charge in [-0.3, -0.25) is 4.79 Å². The van der Waals surface area contributed by atoms with Gasteiger partial charge in [0.2, 0.25) is 5.91 Å². The van der Waals surface area contributed by atoms with E-state index in [9.17, 15) is 4.79 Å². The molecule has 0 unspecified atom stereocenters. The molecule has 1 aromatic heterocycles. The van der Waals surface area contributed by atoms with Crippen molar-refractivity contribution in [2.45, 2.75) is 56.0 Å². The van der Waals surface area contributed by atoms with Crippen molar-refractivity contribution in [3.63, 3.8) is 0 Å². The first-order valence-electron chi connectivity index (χ1n) is 7.96. The zero-order valence-electron chi connectivity index (χ0n) is 13.0. The molecule has 3 rings (SSSR count). The summed E-state index contributed by atoms with van der Waals surface area (Å²) >= 11 is 1.38. The van der Waals surface area contributed by atoms with Crippen molar-refractivity contribution in [1.82, 2.24) is 10.3 Å². The van der Waals surface area contributed by atoms with Crippen LogP contribution in [0.5, 0.6) is 0 Å². The normalized spacial score (nSPS) is 23.4. The number of benzene rings is 1. The molecule has 1 aromatic carbocycles. The first kappa shape index (κ1) is 15.4. The highest BCUT2D eigenvalue weighted by Gasteiger charge is 2.26. The van der Waals surface area contributed by atoms with Crippen LogP contribution >= 0.6 is 11.8 Å². The van der Waals surface area contributed by atoms with Crippen LogP contribution in [0.3, 0.4) is 0 Å². The number of hydrogen-bond acceptors (Lipinski definition) is 4. The monoisotopic (exact) mass is 318 g/mol. The van der Waals surface area contributed by atoms with E-state index in [1.165, 1.54) is 31.0 Å². The molecule has 0 bridgehead atoms. The summed E-state index contributed by atoms with van der Waals surface area (Å²) in [6.07, 6.45) is 4.79. The van der Waals surface area contributed by atoms with Gasteiger partial charge in [-0.25, -0.2) is 4.98 Å². The van der Waals surface area contributed by atoms with Gasteiger partial charge >= 0.3 is 0 Å². The van der Waals surface area contributed by atoms with Gasteiger partial charge in [-0.2, -0.15) is 0 Å². The Morgan fingerprint density at radius 3 is 2.91 bits per heavy atom. The highest BCUT2D eigenvalue weighted by atomic mass is 32.2. The summed E-state index contributed by atoms with van der Waals surface area (Å²) in [7, 11) is 0. The molecule has 1 heterocycles. The number of rotatable bonds is 4. The van der Waals surface area contributed by atoms with Gasteiger partial charge < -0.3 is 9.73 Å². The molecule has 1 amide bonds. The van der Waals surface area contributed by atoms with Crippen LogP contribution < -0.4 is 5.32 Å². The maximum absolute atomic E-state index is 12.4. The number of carbonyl (C=O) groups excluding carboxylic acids is 1. The van der Waals surface area contributed by atoms with Crippen molar-refractivity contribution in [2.75, 3.05) is 0 Å². The van der Waals surface area contributed by atoms with E-state index in [0.29, 0.717) is 17.2 Å². The second-order valence-corrected chi connectivity index (χ2v) is 7.38. The van der Waals surface area contributed by atoms with Gasteiger partial charge in [-0.1, -0.05) is 43.7 Å². The molecule has 1 aliphatic carbocycles. The lowest BCUT2D eigenvalue weighted by Gasteiger charge is -2.30. The van der Waals surface area contributed by atoms with Crippen LogP contribution in [-0.2, 0) is 4.79 Å². The standard InChI is InChI=1S/C17H22N2O2S/c1-11-7-3-4-8-13(11)18-16(20)12(2)22-17-19-14-9-5-6-10-15(14)21-17/h5-6,9-13H,3-4,7-8H2,1-2H3,(H,18,20)/t11-,12+,13-/m0/s1. The zero-order chi connectivity index (χ0) is 15.5. The van der Waals surface area contributed by atoms with E-state index in [2.05, 4.69) is 17.2 Å². The van der Waals surface area contributed by atoms with Gasteiger partial charge in [-0.15, -0.1) is 0 Å². The van der Waals surface area contributed by atoms with E-state index < -0.39 is 0 Å². The molecule has 1 fully saturated rings. The van der Waals surface area contributed by atoms with Crippen molar-refractivity contribution in [2.24, 2.45) is 5.92 Å². The summed E-state index contributed by atoms with van der Waals surface area (Å²) in [6.45, 7) is 4.13. The minimum atomic E-state index is -0.206. The second-order valence-electron chi connectivity index (χ2n) is 6.08. The topological polar surface area (TPSA) is 55.1 Å². The number of nitrogens with one attached hydrogen (secondary N) is 1. The first-order valence-corrected chi connectivity index (χ1v) is 8.84. The van der Waals surface area contributed by atoms with Crippen molar-refractivity contribution in [3.8, 4) is 0 Å². The lowest BCUT2D eigenvalue weighted by Crippen LogP contribution is -2.44. The molecule has 1 aliphatic rings. The lowest BCUT2D eigenvalue weighted by atomic mass is 9.86. The van der Waals surface area contributed by atoms with Crippen molar-refractivity contribution in [1.29, 1.82) is 0 Å². The summed E-state index contributed by atoms with van der Waals surface area (Å²) in [5.41, 5.74) is 1.59. The molecule has 0 radical (unpaired) electrons. The van der Waals surface area contributed by atoms with E-state index >= 15 is 0 Å². The highest BCUT2D eigenvalue weighted by molar-refractivity contribution is 8.00. The minimum absolute atomic E-state index is 0.0750. The van der Waals surface area contributed by atoms with Gasteiger partial charge in [0.25, 0.3) is 5.22 Å².